The van der Waals surface area contributed by atoms with Crippen LogP contribution in [0.1, 0.15) is 21.5 Å². The van der Waals surface area contributed by atoms with Gasteiger partial charge in [0.2, 0.25) is 0 Å². The fraction of sp³-hybridized carbons (Fsp3) is 0.200. The second-order valence-corrected chi connectivity index (χ2v) is 4.68. The van der Waals surface area contributed by atoms with Crippen LogP contribution in [0.4, 0.5) is 5.82 Å². The number of hydrogen-bond acceptors (Lipinski definition) is 3. The van der Waals surface area contributed by atoms with Crippen molar-refractivity contribution in [1.29, 1.82) is 0 Å². The topological polar surface area (TPSA) is 59.2 Å². The van der Waals surface area contributed by atoms with Gasteiger partial charge in [-0.2, -0.15) is 0 Å². The minimum absolute atomic E-state index is 0.429. The van der Waals surface area contributed by atoms with Crippen LogP contribution < -0.4 is 10.6 Å². The summed E-state index contributed by atoms with van der Waals surface area (Å²) in [5, 5.41) is 0. The molecule has 1 aliphatic heterocycles. The Balaban J connectivity index is 1.95. The molecule has 0 atom stereocenters. The molecule has 0 spiro atoms. The van der Waals surface area contributed by atoms with E-state index < -0.39 is 5.91 Å². The Labute approximate surface area is 111 Å². The van der Waals surface area contributed by atoms with E-state index in [9.17, 15) is 4.79 Å². The molecule has 0 radical (unpaired) electrons. The van der Waals surface area contributed by atoms with Gasteiger partial charge in [0.25, 0.3) is 5.91 Å². The van der Waals surface area contributed by atoms with Gasteiger partial charge in [0, 0.05) is 19.3 Å². The molecule has 4 nitrogen and oxygen atoms in total. The second kappa shape index (κ2) is 4.72. The monoisotopic (exact) mass is 253 g/mol. The maximum absolute atomic E-state index is 11.5. The molecular formula is C15H15N3O. The number of anilines is 1. The van der Waals surface area contributed by atoms with Crippen molar-refractivity contribution in [3.8, 4) is 0 Å². The summed E-state index contributed by atoms with van der Waals surface area (Å²) in [4.78, 5) is 17.9. The van der Waals surface area contributed by atoms with Gasteiger partial charge in [0.15, 0.2) is 0 Å². The van der Waals surface area contributed by atoms with Gasteiger partial charge in [0.05, 0.1) is 5.56 Å². The maximum atomic E-state index is 11.5. The van der Waals surface area contributed by atoms with E-state index in [0.717, 1.165) is 19.5 Å². The van der Waals surface area contributed by atoms with E-state index in [2.05, 4.69) is 28.1 Å². The third-order valence-electron chi connectivity index (χ3n) is 3.48. The third kappa shape index (κ3) is 2.17. The fourth-order valence-electron chi connectivity index (χ4n) is 2.52. The molecule has 1 aromatic heterocycles. The first-order valence-corrected chi connectivity index (χ1v) is 6.32. The molecule has 2 N–H and O–H groups in total. The molecule has 3 rings (SSSR count). The standard InChI is InChI=1S/C15H15N3O/c16-14(19)13-6-3-8-17-15(13)18-9-7-11-4-1-2-5-12(11)10-18/h1-6,8H,7,9-10H2,(H2,16,19). The minimum atomic E-state index is -0.429. The largest absolute Gasteiger partial charge is 0.365 e. The molecule has 1 amide bonds. The molecule has 2 heterocycles. The number of benzene rings is 1. The maximum Gasteiger partial charge on any atom is 0.252 e. The van der Waals surface area contributed by atoms with Crippen molar-refractivity contribution in [2.24, 2.45) is 5.73 Å². The first-order valence-electron chi connectivity index (χ1n) is 6.32. The molecular weight excluding hydrogens is 238 g/mol. The zero-order valence-electron chi connectivity index (χ0n) is 10.5. The number of aromatic nitrogens is 1. The van der Waals surface area contributed by atoms with Crippen LogP contribution in [-0.4, -0.2) is 17.4 Å². The lowest BCUT2D eigenvalue weighted by molar-refractivity contribution is 0.100. The first-order chi connectivity index (χ1) is 9.25. The van der Waals surface area contributed by atoms with Gasteiger partial charge in [-0.15, -0.1) is 0 Å². The molecule has 1 aromatic carbocycles. The zero-order valence-corrected chi connectivity index (χ0v) is 10.5. The Morgan fingerprint density at radius 1 is 1.16 bits per heavy atom. The lowest BCUT2D eigenvalue weighted by Crippen LogP contribution is -2.32. The number of carbonyl (C=O) groups is 1. The van der Waals surface area contributed by atoms with Gasteiger partial charge in [-0.1, -0.05) is 24.3 Å². The molecule has 0 saturated carbocycles. The highest BCUT2D eigenvalue weighted by Gasteiger charge is 2.20. The quantitative estimate of drug-likeness (QED) is 0.887. The van der Waals surface area contributed by atoms with E-state index in [0.29, 0.717) is 11.4 Å². The molecule has 96 valence electrons. The molecule has 19 heavy (non-hydrogen) atoms. The lowest BCUT2D eigenvalue weighted by Gasteiger charge is -2.30. The average molecular weight is 253 g/mol. The Morgan fingerprint density at radius 3 is 2.74 bits per heavy atom. The zero-order chi connectivity index (χ0) is 13.2. The summed E-state index contributed by atoms with van der Waals surface area (Å²) >= 11 is 0. The van der Waals surface area contributed by atoms with Crippen molar-refractivity contribution < 1.29 is 4.79 Å². The summed E-state index contributed by atoms with van der Waals surface area (Å²) in [6, 6.07) is 11.8. The summed E-state index contributed by atoms with van der Waals surface area (Å²) in [5.74, 6) is 0.256. The molecule has 0 unspecified atom stereocenters. The van der Waals surface area contributed by atoms with Gasteiger partial charge in [-0.3, -0.25) is 4.79 Å². The SMILES string of the molecule is NC(=O)c1cccnc1N1CCc2ccccc2C1. The Morgan fingerprint density at radius 2 is 1.95 bits per heavy atom. The van der Waals surface area contributed by atoms with Crippen LogP contribution in [0.15, 0.2) is 42.6 Å². The van der Waals surface area contributed by atoms with Crippen molar-refractivity contribution in [2.45, 2.75) is 13.0 Å². The molecule has 0 saturated heterocycles. The number of carbonyl (C=O) groups excluding carboxylic acids is 1. The number of pyridine rings is 1. The van der Waals surface area contributed by atoms with E-state index in [-0.39, 0.29) is 0 Å². The highest BCUT2D eigenvalue weighted by Crippen LogP contribution is 2.25. The number of nitrogens with two attached hydrogens (primary N) is 1. The van der Waals surface area contributed by atoms with E-state index in [1.54, 1.807) is 18.3 Å². The molecule has 4 heteroatoms. The van der Waals surface area contributed by atoms with E-state index >= 15 is 0 Å². The summed E-state index contributed by atoms with van der Waals surface area (Å²) < 4.78 is 0. The van der Waals surface area contributed by atoms with E-state index in [1.807, 2.05) is 6.07 Å². The Bertz CT molecular complexity index is 624. The van der Waals surface area contributed by atoms with Gasteiger partial charge < -0.3 is 10.6 Å². The average Bonchev–Trinajstić information content (AvgIpc) is 2.46. The molecule has 0 bridgehead atoms. The van der Waals surface area contributed by atoms with Crippen LogP contribution >= 0.6 is 0 Å². The molecule has 2 aromatic rings. The Kier molecular flexibility index (Phi) is 2.91. The van der Waals surface area contributed by atoms with Crippen LogP contribution in [0.2, 0.25) is 0 Å². The smallest absolute Gasteiger partial charge is 0.252 e. The van der Waals surface area contributed by atoms with E-state index in [1.165, 1.54) is 11.1 Å². The van der Waals surface area contributed by atoms with Crippen molar-refractivity contribution in [3.63, 3.8) is 0 Å². The number of rotatable bonds is 2. The fourth-order valence-corrected chi connectivity index (χ4v) is 2.52. The molecule has 0 fully saturated rings. The van der Waals surface area contributed by atoms with Crippen molar-refractivity contribution in [2.75, 3.05) is 11.4 Å². The van der Waals surface area contributed by atoms with Crippen LogP contribution in [-0.2, 0) is 13.0 Å². The molecule has 0 aliphatic carbocycles. The highest BCUT2D eigenvalue weighted by molar-refractivity contribution is 5.97. The van der Waals surface area contributed by atoms with Gasteiger partial charge >= 0.3 is 0 Å². The highest BCUT2D eigenvalue weighted by atomic mass is 16.1. The van der Waals surface area contributed by atoms with Crippen LogP contribution in [0.25, 0.3) is 0 Å². The predicted molar refractivity (Wildman–Crippen MR) is 74.0 cm³/mol. The summed E-state index contributed by atoms with van der Waals surface area (Å²) in [7, 11) is 0. The summed E-state index contributed by atoms with van der Waals surface area (Å²) in [6.07, 6.45) is 2.66. The number of nitrogens with zero attached hydrogens (tertiary/aromatic N) is 2. The predicted octanol–water partition coefficient (Wildman–Crippen LogP) is 1.74. The molecule has 1 aliphatic rings. The normalized spacial score (nSPS) is 14.0. The van der Waals surface area contributed by atoms with Crippen LogP contribution in [0.5, 0.6) is 0 Å². The van der Waals surface area contributed by atoms with E-state index in [4.69, 9.17) is 5.73 Å². The third-order valence-corrected chi connectivity index (χ3v) is 3.48. The van der Waals surface area contributed by atoms with Gasteiger partial charge in [0.1, 0.15) is 5.82 Å². The van der Waals surface area contributed by atoms with Crippen LogP contribution in [0, 0.1) is 0 Å². The van der Waals surface area contributed by atoms with Crippen molar-refractivity contribution >= 4 is 11.7 Å². The first kappa shape index (κ1) is 11.7. The number of amides is 1. The van der Waals surface area contributed by atoms with Crippen molar-refractivity contribution in [3.05, 3.63) is 59.3 Å². The summed E-state index contributed by atoms with van der Waals surface area (Å²) in [5.41, 5.74) is 8.56. The minimum Gasteiger partial charge on any atom is -0.365 e. The van der Waals surface area contributed by atoms with Gasteiger partial charge in [-0.05, 0) is 29.7 Å². The number of fused-ring (bicyclic) bond motifs is 1. The van der Waals surface area contributed by atoms with Crippen molar-refractivity contribution in [1.82, 2.24) is 4.98 Å². The Hall–Kier alpha value is -2.36. The van der Waals surface area contributed by atoms with Crippen LogP contribution in [0.3, 0.4) is 0 Å². The number of hydrogen-bond donors (Lipinski definition) is 1. The summed E-state index contributed by atoms with van der Waals surface area (Å²) in [6.45, 7) is 1.63. The van der Waals surface area contributed by atoms with Gasteiger partial charge in [-0.25, -0.2) is 4.98 Å². The lowest BCUT2D eigenvalue weighted by atomic mass is 9.99. The number of primary amides is 1. The second-order valence-electron chi connectivity index (χ2n) is 4.68.